The van der Waals surface area contributed by atoms with E-state index in [9.17, 15) is 4.39 Å². The number of aromatic nitrogens is 2. The van der Waals surface area contributed by atoms with Gasteiger partial charge in [0.25, 0.3) is 0 Å². The summed E-state index contributed by atoms with van der Waals surface area (Å²) in [4.78, 5) is 8.42. The highest BCUT2D eigenvalue weighted by Crippen LogP contribution is 2.42. The summed E-state index contributed by atoms with van der Waals surface area (Å²) < 4.78 is 33.4. The number of rotatable bonds is 10. The average molecular weight is 547 g/mol. The normalized spacial score (nSPS) is 15.9. The molecule has 2 rings (SSSR count). The Kier molecular flexibility index (Phi) is 10.1. The van der Waals surface area contributed by atoms with Crippen LogP contribution >= 0.6 is 23.2 Å². The Morgan fingerprint density at radius 1 is 1.00 bits per heavy atom. The van der Waals surface area contributed by atoms with Gasteiger partial charge in [0.1, 0.15) is 34.3 Å². The molecule has 0 spiro atoms. The van der Waals surface area contributed by atoms with Gasteiger partial charge in [-0.05, 0) is 37.5 Å². The molecular formula is C24H36Cl2FN2O3Si2. The molecule has 0 saturated heterocycles. The predicted octanol–water partition coefficient (Wildman–Crippen LogP) is 5.79. The second-order valence-electron chi connectivity index (χ2n) is 9.97. The number of hydrogen-bond donors (Lipinski definition) is 0. The minimum absolute atomic E-state index is 0.102. The van der Waals surface area contributed by atoms with Crippen molar-refractivity contribution in [1.82, 2.24) is 9.97 Å². The van der Waals surface area contributed by atoms with Crippen molar-refractivity contribution >= 4 is 42.7 Å². The lowest BCUT2D eigenvalue weighted by atomic mass is 9.69. The number of hydrogen-bond acceptors (Lipinski definition) is 5. The van der Waals surface area contributed by atoms with Gasteiger partial charge in [0, 0.05) is 16.9 Å². The number of benzene rings is 1. The van der Waals surface area contributed by atoms with E-state index in [1.807, 2.05) is 0 Å². The first-order chi connectivity index (χ1) is 15.7. The molecule has 1 aromatic heterocycles. The van der Waals surface area contributed by atoms with E-state index in [2.05, 4.69) is 64.6 Å². The zero-order valence-electron chi connectivity index (χ0n) is 21.3. The predicted molar refractivity (Wildman–Crippen MR) is 143 cm³/mol. The minimum Gasteiger partial charge on any atom is -0.490 e. The SMILES string of the molecule is [CH2]C(C(Oc1ccc(F)c(-c2nc(Cl)c(C)c(Cl)n2)c1)C(C)(C)C)C(C)(C)C(O[SiH2]C)O[SiH2]C. The van der Waals surface area contributed by atoms with Gasteiger partial charge >= 0.3 is 0 Å². The van der Waals surface area contributed by atoms with Crippen molar-refractivity contribution in [3.63, 3.8) is 0 Å². The van der Waals surface area contributed by atoms with Gasteiger partial charge in [0.2, 0.25) is 0 Å². The molecule has 1 aromatic carbocycles. The summed E-state index contributed by atoms with van der Waals surface area (Å²) in [6.07, 6.45) is -0.649. The summed E-state index contributed by atoms with van der Waals surface area (Å²) in [6.45, 7) is 20.9. The first-order valence-corrected chi connectivity index (χ1v) is 16.2. The van der Waals surface area contributed by atoms with Gasteiger partial charge in [0.15, 0.2) is 25.4 Å². The Morgan fingerprint density at radius 2 is 1.53 bits per heavy atom. The highest BCUT2D eigenvalue weighted by molar-refractivity contribution is 6.34. The molecule has 0 saturated carbocycles. The first-order valence-electron chi connectivity index (χ1n) is 11.5. The van der Waals surface area contributed by atoms with Crippen LogP contribution in [0.3, 0.4) is 0 Å². The maximum absolute atomic E-state index is 14.8. The van der Waals surface area contributed by atoms with E-state index in [0.29, 0.717) is 11.3 Å². The van der Waals surface area contributed by atoms with Gasteiger partial charge in [-0.3, -0.25) is 0 Å². The van der Waals surface area contributed by atoms with Crippen LogP contribution in [0.5, 0.6) is 5.75 Å². The van der Waals surface area contributed by atoms with Crippen LogP contribution in [0.25, 0.3) is 11.4 Å². The maximum atomic E-state index is 14.8. The fourth-order valence-corrected chi connectivity index (χ4v) is 5.92. The molecule has 1 heterocycles. The van der Waals surface area contributed by atoms with Gasteiger partial charge < -0.3 is 13.6 Å². The van der Waals surface area contributed by atoms with Gasteiger partial charge in [-0.2, -0.15) is 0 Å². The molecule has 0 aliphatic rings. The second kappa shape index (κ2) is 11.8. The highest BCUT2D eigenvalue weighted by atomic mass is 35.5. The van der Waals surface area contributed by atoms with Gasteiger partial charge in [0.05, 0.1) is 5.56 Å². The van der Waals surface area contributed by atoms with E-state index < -0.39 is 30.8 Å². The smallest absolute Gasteiger partial charge is 0.165 e. The summed E-state index contributed by atoms with van der Waals surface area (Å²) in [5.41, 5.74) is 0.0169. The molecule has 0 aliphatic heterocycles. The van der Waals surface area contributed by atoms with Crippen LogP contribution in [-0.2, 0) is 8.85 Å². The third-order valence-corrected chi connectivity index (χ3v) is 7.90. The average Bonchev–Trinajstić information content (AvgIpc) is 2.75. The van der Waals surface area contributed by atoms with Crippen molar-refractivity contribution in [2.45, 2.75) is 67.0 Å². The fraction of sp³-hybridized carbons (Fsp3) is 0.542. The van der Waals surface area contributed by atoms with E-state index in [1.54, 1.807) is 19.1 Å². The van der Waals surface area contributed by atoms with Crippen molar-refractivity contribution in [2.75, 3.05) is 0 Å². The van der Waals surface area contributed by atoms with Gasteiger partial charge in [-0.1, -0.05) is 70.9 Å². The molecule has 2 unspecified atom stereocenters. The van der Waals surface area contributed by atoms with E-state index in [4.69, 9.17) is 36.8 Å². The Bertz CT molecular complexity index is 960. The number of ether oxygens (including phenoxy) is 1. The highest BCUT2D eigenvalue weighted by Gasteiger charge is 2.45. The molecular weight excluding hydrogens is 510 g/mol. The Morgan fingerprint density at radius 3 is 2.00 bits per heavy atom. The van der Waals surface area contributed by atoms with Crippen LogP contribution in [-0.4, -0.2) is 41.9 Å². The summed E-state index contributed by atoms with van der Waals surface area (Å²) in [5.74, 6) is -0.105. The third kappa shape index (κ3) is 6.79. The second-order valence-corrected chi connectivity index (χ2v) is 12.5. The quantitative estimate of drug-likeness (QED) is 0.215. The molecule has 0 N–H and O–H groups in total. The largest absolute Gasteiger partial charge is 0.490 e. The Balaban J connectivity index is 2.46. The lowest BCUT2D eigenvalue weighted by Crippen LogP contribution is -2.50. The van der Waals surface area contributed by atoms with Crippen molar-refractivity contribution in [3.8, 4) is 17.1 Å². The molecule has 0 fully saturated rings. The molecule has 34 heavy (non-hydrogen) atoms. The monoisotopic (exact) mass is 545 g/mol. The van der Waals surface area contributed by atoms with E-state index in [1.165, 1.54) is 6.07 Å². The summed E-state index contributed by atoms with van der Waals surface area (Å²) >= 11 is 12.3. The van der Waals surface area contributed by atoms with Gasteiger partial charge in [-0.15, -0.1) is 0 Å². The van der Waals surface area contributed by atoms with Crippen LogP contribution in [0.2, 0.25) is 23.4 Å². The molecule has 0 bridgehead atoms. The lowest BCUT2D eigenvalue weighted by molar-refractivity contribution is -0.125. The minimum atomic E-state index is -0.679. The maximum Gasteiger partial charge on any atom is 0.165 e. The molecule has 5 nitrogen and oxygen atoms in total. The van der Waals surface area contributed by atoms with E-state index >= 15 is 0 Å². The molecule has 0 amide bonds. The zero-order chi connectivity index (χ0) is 25.8. The zero-order valence-corrected chi connectivity index (χ0v) is 25.7. The van der Waals surface area contributed by atoms with Gasteiger partial charge in [-0.25, -0.2) is 14.4 Å². The van der Waals surface area contributed by atoms with Crippen molar-refractivity contribution < 1.29 is 18.0 Å². The summed E-state index contributed by atoms with van der Waals surface area (Å²) in [5, 5.41) is 0.357. The van der Waals surface area contributed by atoms with E-state index in [0.717, 1.165) is 0 Å². The topological polar surface area (TPSA) is 53.5 Å². The van der Waals surface area contributed by atoms with Crippen molar-refractivity contribution in [2.24, 2.45) is 16.7 Å². The van der Waals surface area contributed by atoms with Crippen molar-refractivity contribution in [1.29, 1.82) is 0 Å². The van der Waals surface area contributed by atoms with Crippen LogP contribution in [0.1, 0.15) is 40.2 Å². The first kappa shape index (κ1) is 29.2. The Labute approximate surface area is 218 Å². The Hall–Kier alpha value is -1.04. The molecule has 2 aromatic rings. The molecule has 1 radical (unpaired) electrons. The number of halogens is 3. The summed E-state index contributed by atoms with van der Waals surface area (Å²) in [6, 6.07) is 4.50. The van der Waals surface area contributed by atoms with Crippen LogP contribution < -0.4 is 4.74 Å². The molecule has 0 aliphatic carbocycles. The molecule has 189 valence electrons. The van der Waals surface area contributed by atoms with Crippen LogP contribution in [0.15, 0.2) is 18.2 Å². The van der Waals surface area contributed by atoms with Crippen LogP contribution in [0.4, 0.5) is 4.39 Å². The fourth-order valence-electron chi connectivity index (χ4n) is 3.69. The molecule has 10 heteroatoms. The van der Waals surface area contributed by atoms with Crippen LogP contribution in [0, 0.1) is 36.4 Å². The van der Waals surface area contributed by atoms with Crippen molar-refractivity contribution in [3.05, 3.63) is 46.8 Å². The third-order valence-electron chi connectivity index (χ3n) is 5.89. The molecule has 2 atom stereocenters. The van der Waals surface area contributed by atoms with E-state index in [-0.39, 0.29) is 45.4 Å². The lowest BCUT2D eigenvalue weighted by Gasteiger charge is -2.46. The standard InChI is InChI=1S/C24H36Cl2FN2O3Si2/c1-13-19(25)28-21(29-20(13)26)16-12-15(10-11-17(16)27)30-18(23(3,4)5)14(2)24(6,7)22(31-33-8)32-34-9/h10-12,14,18,22H,2,33-34H2,1,3-9H3. The summed E-state index contributed by atoms with van der Waals surface area (Å²) in [7, 11) is -1.36. The number of nitrogens with zero attached hydrogens (tertiary/aromatic N) is 2.